The Morgan fingerprint density at radius 1 is 0.649 bits per heavy atom. The third-order valence-electron chi connectivity index (χ3n) is 6.78. The van der Waals surface area contributed by atoms with Crippen LogP contribution < -0.4 is 4.74 Å². The molecule has 0 N–H and O–H groups in total. The molecule has 0 bridgehead atoms. The number of esters is 2. The Labute approximate surface area is 225 Å². The number of ether oxygens (including phenoxy) is 2. The number of carbonyl (C=O) groups excluding carboxylic acids is 2. The molecule has 4 nitrogen and oxygen atoms in total. The van der Waals surface area contributed by atoms with Gasteiger partial charge in [0.1, 0.15) is 5.75 Å². The Morgan fingerprint density at radius 2 is 1.14 bits per heavy atom. The fourth-order valence-electron chi connectivity index (χ4n) is 4.52. The van der Waals surface area contributed by atoms with Crippen LogP contribution in [0.5, 0.6) is 5.75 Å². The molecule has 0 aliphatic rings. The molecule has 2 aromatic carbocycles. The van der Waals surface area contributed by atoms with E-state index in [1.54, 1.807) is 12.1 Å². The van der Waals surface area contributed by atoms with Crippen LogP contribution in [0, 0.1) is 0 Å². The van der Waals surface area contributed by atoms with Crippen molar-refractivity contribution >= 4 is 11.9 Å². The van der Waals surface area contributed by atoms with Crippen LogP contribution >= 0.6 is 0 Å². The van der Waals surface area contributed by atoms with Gasteiger partial charge in [0.25, 0.3) is 0 Å². The Bertz CT molecular complexity index is 886. The van der Waals surface area contributed by atoms with Crippen LogP contribution in [0.1, 0.15) is 127 Å². The van der Waals surface area contributed by atoms with Gasteiger partial charge in [0.05, 0.1) is 11.7 Å². The van der Waals surface area contributed by atoms with Crippen molar-refractivity contribution in [1.29, 1.82) is 0 Å². The molecule has 2 aromatic rings. The molecule has 0 saturated carbocycles. The molecule has 1 atom stereocenters. The summed E-state index contributed by atoms with van der Waals surface area (Å²) >= 11 is 0. The van der Waals surface area contributed by atoms with Crippen molar-refractivity contribution in [2.75, 3.05) is 0 Å². The number of hydrogen-bond donors (Lipinski definition) is 0. The molecular weight excluding hydrogens is 460 g/mol. The fourth-order valence-corrected chi connectivity index (χ4v) is 4.52. The SMILES string of the molecule is CCCCCCCCCCCCCCC(=O)Oc1ccc(-c2ccc(C(=O)OC(C)CCC)cc2)cc1. The van der Waals surface area contributed by atoms with Crippen LogP contribution in [0.2, 0.25) is 0 Å². The second-order valence-corrected chi connectivity index (χ2v) is 10.2. The number of unbranched alkanes of at least 4 members (excludes halogenated alkanes) is 11. The number of carbonyl (C=O) groups is 2. The second-order valence-electron chi connectivity index (χ2n) is 10.2. The molecule has 2 rings (SSSR count). The second kappa shape index (κ2) is 18.6. The van der Waals surface area contributed by atoms with Crippen LogP contribution in [0.3, 0.4) is 0 Å². The van der Waals surface area contributed by atoms with Crippen molar-refractivity contribution in [3.8, 4) is 16.9 Å². The topological polar surface area (TPSA) is 52.6 Å². The average Bonchev–Trinajstić information content (AvgIpc) is 2.90. The number of rotatable bonds is 19. The van der Waals surface area contributed by atoms with Gasteiger partial charge in [-0.15, -0.1) is 0 Å². The van der Waals surface area contributed by atoms with Crippen molar-refractivity contribution in [2.24, 2.45) is 0 Å². The van der Waals surface area contributed by atoms with Crippen molar-refractivity contribution < 1.29 is 19.1 Å². The molecule has 0 aliphatic carbocycles. The van der Waals surface area contributed by atoms with Gasteiger partial charge in [-0.05, 0) is 55.2 Å². The van der Waals surface area contributed by atoms with E-state index in [2.05, 4.69) is 13.8 Å². The standard InChI is InChI=1S/C33H48O4/c1-4-6-7-8-9-10-11-12-13-14-15-16-18-32(34)37-31-25-23-29(24-26-31)28-19-21-30(22-20-28)33(35)36-27(3)17-5-2/h19-27H,4-18H2,1-3H3. The summed E-state index contributed by atoms with van der Waals surface area (Å²) in [7, 11) is 0. The lowest BCUT2D eigenvalue weighted by molar-refractivity contribution is -0.134. The van der Waals surface area contributed by atoms with Gasteiger partial charge < -0.3 is 9.47 Å². The zero-order valence-electron chi connectivity index (χ0n) is 23.4. The first-order valence-corrected chi connectivity index (χ1v) is 14.7. The van der Waals surface area contributed by atoms with Gasteiger partial charge in [-0.2, -0.15) is 0 Å². The van der Waals surface area contributed by atoms with Gasteiger partial charge in [0.2, 0.25) is 0 Å². The maximum atomic E-state index is 12.3. The van der Waals surface area contributed by atoms with Crippen molar-refractivity contribution in [1.82, 2.24) is 0 Å². The highest BCUT2D eigenvalue weighted by molar-refractivity contribution is 5.90. The predicted octanol–water partition coefficient (Wildman–Crippen LogP) is 9.70. The maximum Gasteiger partial charge on any atom is 0.338 e. The van der Waals surface area contributed by atoms with Crippen LogP contribution in [0.15, 0.2) is 48.5 Å². The van der Waals surface area contributed by atoms with Crippen LogP contribution in [-0.4, -0.2) is 18.0 Å². The minimum Gasteiger partial charge on any atom is -0.459 e. The molecule has 0 saturated heterocycles. The lowest BCUT2D eigenvalue weighted by Gasteiger charge is -2.12. The van der Waals surface area contributed by atoms with Gasteiger partial charge in [-0.1, -0.05) is 115 Å². The number of hydrogen-bond acceptors (Lipinski definition) is 4. The molecule has 37 heavy (non-hydrogen) atoms. The van der Waals surface area contributed by atoms with Gasteiger partial charge in [-0.3, -0.25) is 4.79 Å². The Balaban J connectivity index is 1.62. The smallest absolute Gasteiger partial charge is 0.338 e. The van der Waals surface area contributed by atoms with E-state index in [9.17, 15) is 9.59 Å². The molecule has 0 radical (unpaired) electrons. The number of benzene rings is 2. The van der Waals surface area contributed by atoms with Crippen molar-refractivity contribution in [3.05, 3.63) is 54.1 Å². The highest BCUT2D eigenvalue weighted by atomic mass is 16.5. The van der Waals surface area contributed by atoms with Crippen LogP contribution in [0.25, 0.3) is 11.1 Å². The first-order valence-electron chi connectivity index (χ1n) is 14.7. The van der Waals surface area contributed by atoms with E-state index in [0.29, 0.717) is 17.7 Å². The van der Waals surface area contributed by atoms with Gasteiger partial charge in [0, 0.05) is 6.42 Å². The lowest BCUT2D eigenvalue weighted by atomic mass is 10.0. The van der Waals surface area contributed by atoms with E-state index < -0.39 is 0 Å². The minimum absolute atomic E-state index is 0.0767. The Morgan fingerprint density at radius 3 is 1.65 bits per heavy atom. The van der Waals surface area contributed by atoms with Gasteiger partial charge in [0.15, 0.2) is 0 Å². The van der Waals surface area contributed by atoms with Crippen LogP contribution in [-0.2, 0) is 9.53 Å². The van der Waals surface area contributed by atoms with E-state index in [0.717, 1.165) is 36.8 Å². The molecule has 0 heterocycles. The summed E-state index contributed by atoms with van der Waals surface area (Å²) in [5.74, 6) is 0.112. The Hall–Kier alpha value is -2.62. The zero-order valence-corrected chi connectivity index (χ0v) is 23.4. The largest absolute Gasteiger partial charge is 0.459 e. The quantitative estimate of drug-likeness (QED) is 0.108. The molecule has 0 spiro atoms. The minimum atomic E-state index is -0.289. The highest BCUT2D eigenvalue weighted by Crippen LogP contribution is 2.24. The van der Waals surface area contributed by atoms with Gasteiger partial charge in [-0.25, -0.2) is 4.79 Å². The molecule has 0 aromatic heterocycles. The van der Waals surface area contributed by atoms with Crippen molar-refractivity contribution in [2.45, 2.75) is 123 Å². The zero-order chi connectivity index (χ0) is 26.7. The molecule has 0 amide bonds. The normalized spacial score (nSPS) is 11.8. The first kappa shape index (κ1) is 30.6. The average molecular weight is 509 g/mol. The highest BCUT2D eigenvalue weighted by Gasteiger charge is 2.12. The maximum absolute atomic E-state index is 12.3. The summed E-state index contributed by atoms with van der Waals surface area (Å²) in [6.45, 7) is 6.25. The molecular formula is C33H48O4. The molecule has 0 aliphatic heterocycles. The molecule has 204 valence electrons. The van der Waals surface area contributed by atoms with Gasteiger partial charge >= 0.3 is 11.9 Å². The summed E-state index contributed by atoms with van der Waals surface area (Å²) in [6, 6.07) is 14.9. The summed E-state index contributed by atoms with van der Waals surface area (Å²) in [6.07, 6.45) is 17.6. The molecule has 0 fully saturated rings. The van der Waals surface area contributed by atoms with E-state index in [1.807, 2.05) is 43.3 Å². The molecule has 4 heteroatoms. The summed E-state index contributed by atoms with van der Waals surface area (Å²) in [5.41, 5.74) is 2.54. The predicted molar refractivity (Wildman–Crippen MR) is 153 cm³/mol. The van der Waals surface area contributed by atoms with E-state index in [4.69, 9.17) is 9.47 Å². The fraction of sp³-hybridized carbons (Fsp3) is 0.576. The van der Waals surface area contributed by atoms with E-state index >= 15 is 0 Å². The van der Waals surface area contributed by atoms with Crippen molar-refractivity contribution in [3.63, 3.8) is 0 Å². The first-order chi connectivity index (χ1) is 18.0. The van der Waals surface area contributed by atoms with E-state index in [1.165, 1.54) is 64.2 Å². The summed E-state index contributed by atoms with van der Waals surface area (Å²) < 4.78 is 11.0. The summed E-state index contributed by atoms with van der Waals surface area (Å²) in [4.78, 5) is 24.5. The summed E-state index contributed by atoms with van der Waals surface area (Å²) in [5, 5.41) is 0. The van der Waals surface area contributed by atoms with Crippen LogP contribution in [0.4, 0.5) is 0 Å². The lowest BCUT2D eigenvalue weighted by Crippen LogP contribution is -2.14. The third-order valence-corrected chi connectivity index (χ3v) is 6.78. The third kappa shape index (κ3) is 13.0. The monoisotopic (exact) mass is 508 g/mol. The molecule has 1 unspecified atom stereocenters. The Kier molecular flexibility index (Phi) is 15.4. The van der Waals surface area contributed by atoms with E-state index in [-0.39, 0.29) is 18.0 Å².